The predicted molar refractivity (Wildman–Crippen MR) is 72.3 cm³/mol. The molecule has 1 aliphatic carbocycles. The smallest absolute Gasteiger partial charge is 0.122 e. The molecule has 3 aliphatic rings. The van der Waals surface area contributed by atoms with Crippen LogP contribution in [0, 0.1) is 0 Å². The number of rotatable bonds is 0. The minimum Gasteiger partial charge on any atom is -0.680 e. The summed E-state index contributed by atoms with van der Waals surface area (Å²) in [4.78, 5) is 2.42. The molecule has 1 radical (unpaired) electrons. The molecule has 2 aliphatic heterocycles. The molecule has 3 fully saturated rings. The van der Waals surface area contributed by atoms with E-state index in [0.29, 0.717) is 0 Å². The van der Waals surface area contributed by atoms with E-state index in [0.717, 1.165) is 32.5 Å². The summed E-state index contributed by atoms with van der Waals surface area (Å²) in [5, 5.41) is 4.39. The Kier molecular flexibility index (Phi) is 8.71. The van der Waals surface area contributed by atoms with Crippen LogP contribution in [0.3, 0.4) is 0 Å². The Bertz CT molecular complexity index is 228. The van der Waals surface area contributed by atoms with Gasteiger partial charge in [-0.15, -0.1) is 13.1 Å². The number of nitrogens with zero attached hydrogens (tertiary/aromatic N) is 2. The number of hydrogen-bond donors (Lipinski definition) is 0. The molecule has 0 bridgehead atoms. The van der Waals surface area contributed by atoms with Crippen LogP contribution in [-0.2, 0) is 37.4 Å². The fourth-order valence-corrected chi connectivity index (χ4v) is 2.74. The van der Waals surface area contributed by atoms with Crippen LogP contribution in [0.5, 0.6) is 0 Å². The predicted octanol–water partition coefficient (Wildman–Crippen LogP) is 3.04. The summed E-state index contributed by atoms with van der Waals surface area (Å²) in [5.74, 6) is 0. The van der Waals surface area contributed by atoms with Gasteiger partial charge in [-0.1, -0.05) is 13.8 Å². The van der Waals surface area contributed by atoms with Gasteiger partial charge in [0.25, 0.3) is 0 Å². The van der Waals surface area contributed by atoms with Gasteiger partial charge >= 0.3 is 0 Å². The van der Waals surface area contributed by atoms with Crippen LogP contribution in [0.15, 0.2) is 0 Å². The van der Waals surface area contributed by atoms with Gasteiger partial charge in [0.2, 0.25) is 0 Å². The maximum atomic E-state index is 6.27. The summed E-state index contributed by atoms with van der Waals surface area (Å²) in [6.07, 6.45) is 4.75. The van der Waals surface area contributed by atoms with Gasteiger partial charge in [0.1, 0.15) is 5.72 Å². The first kappa shape index (κ1) is 18.9. The Balaban J connectivity index is 0.000000531. The fraction of sp³-hybridized carbons (Fsp3) is 1.00. The van der Waals surface area contributed by atoms with Crippen molar-refractivity contribution in [2.24, 2.45) is 0 Å². The monoisotopic (exact) mass is 330 g/mol. The molecule has 0 amide bonds. The number of hydrogen-bond acceptors (Lipinski definition) is 2. The van der Waals surface area contributed by atoms with E-state index >= 15 is 0 Å². The van der Waals surface area contributed by atoms with E-state index in [-0.39, 0.29) is 44.0 Å². The normalized spacial score (nSPS) is 26.5. The second-order valence-electron chi connectivity index (χ2n) is 4.76. The zero-order valence-corrected chi connectivity index (χ0v) is 15.2. The summed E-state index contributed by atoms with van der Waals surface area (Å²) in [6, 6.07) is 0. The average Bonchev–Trinajstić information content (AvgIpc) is 3.10. The molecule has 1 N–H and O–H groups in total. The van der Waals surface area contributed by atoms with Crippen molar-refractivity contribution in [3.8, 4) is 0 Å². The summed E-state index contributed by atoms with van der Waals surface area (Å²) in [6.45, 7) is 7.14. The summed E-state index contributed by atoms with van der Waals surface area (Å²) in [7, 11) is 3.45. The van der Waals surface area contributed by atoms with Crippen LogP contribution in [-0.4, -0.2) is 50.0 Å². The first-order chi connectivity index (χ1) is 8.25. The van der Waals surface area contributed by atoms with Crippen LogP contribution in [0.25, 0.3) is 11.1 Å². The minimum atomic E-state index is 0. The van der Waals surface area contributed by atoms with Crippen molar-refractivity contribution in [2.45, 2.75) is 50.9 Å². The minimum absolute atomic E-state index is 0. The van der Waals surface area contributed by atoms with Crippen molar-refractivity contribution in [1.82, 2.24) is 4.90 Å². The molecule has 1 saturated carbocycles. The zero-order chi connectivity index (χ0) is 12.9. The quantitative estimate of drug-likeness (QED) is 0.685. The van der Waals surface area contributed by atoms with E-state index in [2.05, 4.69) is 17.3 Å². The van der Waals surface area contributed by atoms with E-state index in [1.54, 1.807) is 0 Å². The van der Waals surface area contributed by atoms with Crippen LogP contribution < -0.4 is 0 Å². The van der Waals surface area contributed by atoms with Crippen molar-refractivity contribution in [2.75, 3.05) is 33.7 Å². The van der Waals surface area contributed by atoms with Crippen molar-refractivity contribution in [1.29, 1.82) is 0 Å². The van der Waals surface area contributed by atoms with Gasteiger partial charge in [-0.3, -0.25) is 4.90 Å². The molecule has 18 heavy (non-hydrogen) atoms. The molecule has 2 heterocycles. The number of ether oxygens (including phenoxy) is 1. The molecule has 0 aromatic heterocycles. The molecule has 105 valence electrons. The van der Waals surface area contributed by atoms with Crippen LogP contribution in [0.2, 0.25) is 0 Å². The zero-order valence-electron chi connectivity index (χ0n) is 12.3. The van der Waals surface area contributed by atoms with E-state index in [1.165, 1.54) is 19.9 Å². The Morgan fingerprint density at radius 2 is 1.56 bits per heavy atom. The summed E-state index contributed by atoms with van der Waals surface area (Å²) in [5.41, 5.74) is 6.09. The molecule has 5 heteroatoms. The maximum Gasteiger partial charge on any atom is 0.122 e. The molecular formula is C13H27N3OY-2. The van der Waals surface area contributed by atoms with Gasteiger partial charge in [-0.05, 0) is 32.7 Å². The van der Waals surface area contributed by atoms with Crippen LogP contribution >= 0.6 is 0 Å². The first-order valence-electron chi connectivity index (χ1n) is 6.80. The number of piperidine rings is 1. The Hall–Kier alpha value is 0.944. The van der Waals surface area contributed by atoms with Gasteiger partial charge in [0, 0.05) is 39.3 Å². The van der Waals surface area contributed by atoms with E-state index in [4.69, 9.17) is 10.5 Å². The van der Waals surface area contributed by atoms with Gasteiger partial charge in [0.05, 0.1) is 5.60 Å². The molecule has 0 unspecified atom stereocenters. The third-order valence-electron chi connectivity index (χ3n) is 3.76. The molecular weight excluding hydrogens is 303 g/mol. The second kappa shape index (κ2) is 8.28. The molecule has 3 rings (SSSR count). The van der Waals surface area contributed by atoms with Crippen LogP contribution in [0.4, 0.5) is 0 Å². The number of nitrogens with one attached hydrogen (secondary N) is 1. The Morgan fingerprint density at radius 3 is 1.94 bits per heavy atom. The topological polar surface area (TPSA) is 50.4 Å². The molecule has 2 spiro atoms. The SMILES string of the molecule is CC.CN1CC2(CC[N-]CC2)OC12CC2.C[NH-].[Y]. The maximum absolute atomic E-state index is 6.27. The fourth-order valence-electron chi connectivity index (χ4n) is 2.74. The van der Waals surface area contributed by atoms with E-state index in [1.807, 2.05) is 13.8 Å². The van der Waals surface area contributed by atoms with Crippen molar-refractivity contribution < 1.29 is 37.4 Å². The molecule has 4 nitrogen and oxygen atoms in total. The molecule has 2 saturated heterocycles. The van der Waals surface area contributed by atoms with Crippen LogP contribution in [0.1, 0.15) is 39.5 Å². The third-order valence-corrected chi connectivity index (χ3v) is 3.76. The largest absolute Gasteiger partial charge is 0.680 e. The van der Waals surface area contributed by atoms with Gasteiger partial charge < -0.3 is 15.8 Å². The molecule has 0 atom stereocenters. The van der Waals surface area contributed by atoms with Gasteiger partial charge in [-0.2, -0.15) is 7.05 Å². The summed E-state index contributed by atoms with van der Waals surface area (Å²) < 4.78 is 6.27. The first-order valence-corrected chi connectivity index (χ1v) is 6.80. The molecule has 0 aromatic carbocycles. The third kappa shape index (κ3) is 3.97. The summed E-state index contributed by atoms with van der Waals surface area (Å²) >= 11 is 0. The van der Waals surface area contributed by atoms with E-state index < -0.39 is 0 Å². The second-order valence-corrected chi connectivity index (χ2v) is 4.76. The number of likely N-dealkylation sites (N-methyl/N-ethyl adjacent to an activating group) is 1. The standard InChI is InChI=1S/C10H17N2O.C2H6.CH4N.Y/c1-12-8-9(4-6-11-7-5-9)13-10(12)2-3-10;2*1-2;/h2-8H2,1H3;1-2H3;2H,1H3;/q-1;;-1;. The van der Waals surface area contributed by atoms with Gasteiger partial charge in [-0.25, -0.2) is 0 Å². The Morgan fingerprint density at radius 1 is 1.06 bits per heavy atom. The average molecular weight is 330 g/mol. The van der Waals surface area contributed by atoms with Gasteiger partial charge in [0.15, 0.2) is 0 Å². The van der Waals surface area contributed by atoms with Crippen molar-refractivity contribution in [3.63, 3.8) is 0 Å². The molecule has 0 aromatic rings. The van der Waals surface area contributed by atoms with Crippen molar-refractivity contribution in [3.05, 3.63) is 11.1 Å². The van der Waals surface area contributed by atoms with Crippen molar-refractivity contribution >= 4 is 0 Å². The Labute approximate surface area is 137 Å². The van der Waals surface area contributed by atoms with E-state index in [9.17, 15) is 0 Å².